The summed E-state index contributed by atoms with van der Waals surface area (Å²) < 4.78 is 10.9. The Kier molecular flexibility index (Phi) is 9.55. The Bertz CT molecular complexity index is 489. The molecule has 0 aliphatic carbocycles. The molecule has 0 bridgehead atoms. The third-order valence-electron chi connectivity index (χ3n) is 3.41. The predicted molar refractivity (Wildman–Crippen MR) is 96.1 cm³/mol. The van der Waals surface area contributed by atoms with Crippen LogP contribution in [0.1, 0.15) is 18.4 Å². The van der Waals surface area contributed by atoms with E-state index >= 15 is 0 Å². The fraction of sp³-hybridized carbons (Fsp3) is 0.500. The third-order valence-corrected chi connectivity index (χ3v) is 3.41. The zero-order valence-electron chi connectivity index (χ0n) is 14.5. The molecule has 0 fully saturated rings. The molecule has 0 aromatic heterocycles. The molecule has 0 radical (unpaired) electrons. The second kappa shape index (κ2) is 11.5. The van der Waals surface area contributed by atoms with Crippen LogP contribution in [-0.4, -0.2) is 51.8 Å². The summed E-state index contributed by atoms with van der Waals surface area (Å²) in [5, 5.41) is 3.31. The van der Waals surface area contributed by atoms with Gasteiger partial charge in [-0.1, -0.05) is 18.2 Å². The number of ether oxygens (including phenoxy) is 2. The zero-order chi connectivity index (χ0) is 16.9. The van der Waals surface area contributed by atoms with Crippen LogP contribution in [0, 0.1) is 0 Å². The van der Waals surface area contributed by atoms with E-state index in [1.54, 1.807) is 14.2 Å². The molecule has 23 heavy (non-hydrogen) atoms. The number of methoxy groups -OCH3 is 1. The number of hydrogen-bond acceptors (Lipinski definition) is 3. The molecule has 0 aliphatic heterocycles. The van der Waals surface area contributed by atoms with Gasteiger partial charge in [-0.05, 0) is 30.5 Å². The molecule has 5 nitrogen and oxygen atoms in total. The van der Waals surface area contributed by atoms with Gasteiger partial charge in [0.25, 0.3) is 0 Å². The van der Waals surface area contributed by atoms with Crippen molar-refractivity contribution in [2.45, 2.75) is 19.4 Å². The number of nitrogens with zero attached hydrogens (tertiary/aromatic N) is 2. The molecule has 1 aromatic carbocycles. The van der Waals surface area contributed by atoms with Crippen LogP contribution < -0.4 is 10.1 Å². The first-order valence-corrected chi connectivity index (χ1v) is 7.94. The summed E-state index contributed by atoms with van der Waals surface area (Å²) in [7, 11) is 5.50. The summed E-state index contributed by atoms with van der Waals surface area (Å²) in [5.41, 5.74) is 1.11. The topological polar surface area (TPSA) is 46.1 Å². The molecule has 1 N–H and O–H groups in total. The molecule has 0 unspecified atom stereocenters. The monoisotopic (exact) mass is 319 g/mol. The van der Waals surface area contributed by atoms with Crippen LogP contribution in [0.2, 0.25) is 0 Å². The Morgan fingerprint density at radius 2 is 2.26 bits per heavy atom. The van der Waals surface area contributed by atoms with E-state index in [9.17, 15) is 0 Å². The molecule has 0 amide bonds. The maximum Gasteiger partial charge on any atom is 0.193 e. The minimum absolute atomic E-state index is 0.576. The number of hydrogen-bond donors (Lipinski definition) is 1. The second-order valence-electron chi connectivity index (χ2n) is 5.23. The first-order chi connectivity index (χ1) is 11.2. The molecule has 0 spiro atoms. The maximum absolute atomic E-state index is 5.69. The molecule has 5 heteroatoms. The SMILES string of the molecule is C=CCCCN(C)C(=NC)NCCOCc1cccc(OC)c1. The van der Waals surface area contributed by atoms with Gasteiger partial charge in [0, 0.05) is 27.2 Å². The molecular formula is C18H29N3O2. The number of rotatable bonds is 10. The van der Waals surface area contributed by atoms with Crippen molar-refractivity contribution in [2.75, 3.05) is 40.9 Å². The number of allylic oxidation sites excluding steroid dienone is 1. The standard InChI is InChI=1S/C18H29N3O2/c1-5-6-7-12-21(3)18(19-2)20-11-13-23-15-16-9-8-10-17(14-16)22-4/h5,8-10,14H,1,6-7,11-13,15H2,2-4H3,(H,19,20). The van der Waals surface area contributed by atoms with Gasteiger partial charge in [0.1, 0.15) is 5.75 Å². The van der Waals surface area contributed by atoms with Gasteiger partial charge in [-0.2, -0.15) is 0 Å². The number of aliphatic imine (C=N–C) groups is 1. The smallest absolute Gasteiger partial charge is 0.193 e. The lowest BCUT2D eigenvalue weighted by atomic mass is 10.2. The summed E-state index contributed by atoms with van der Waals surface area (Å²) >= 11 is 0. The van der Waals surface area contributed by atoms with Crippen LogP contribution in [-0.2, 0) is 11.3 Å². The molecule has 0 saturated heterocycles. The van der Waals surface area contributed by atoms with Crippen molar-refractivity contribution in [1.29, 1.82) is 0 Å². The van der Waals surface area contributed by atoms with Gasteiger partial charge < -0.3 is 19.7 Å². The Hall–Kier alpha value is -2.01. The van der Waals surface area contributed by atoms with E-state index in [1.165, 1.54) is 0 Å². The highest BCUT2D eigenvalue weighted by atomic mass is 16.5. The lowest BCUT2D eigenvalue weighted by molar-refractivity contribution is 0.125. The number of nitrogens with one attached hydrogen (secondary N) is 1. The molecule has 0 atom stereocenters. The van der Waals surface area contributed by atoms with E-state index in [0.29, 0.717) is 13.2 Å². The van der Waals surface area contributed by atoms with E-state index in [-0.39, 0.29) is 0 Å². The highest BCUT2D eigenvalue weighted by molar-refractivity contribution is 5.79. The minimum Gasteiger partial charge on any atom is -0.497 e. The maximum atomic E-state index is 5.69. The fourth-order valence-electron chi connectivity index (χ4n) is 2.15. The van der Waals surface area contributed by atoms with E-state index < -0.39 is 0 Å². The highest BCUT2D eigenvalue weighted by Gasteiger charge is 2.04. The quantitative estimate of drug-likeness (QED) is 0.312. The summed E-state index contributed by atoms with van der Waals surface area (Å²) in [5.74, 6) is 1.74. The van der Waals surface area contributed by atoms with Crippen molar-refractivity contribution >= 4 is 5.96 Å². The van der Waals surface area contributed by atoms with Gasteiger partial charge in [-0.15, -0.1) is 6.58 Å². The lowest BCUT2D eigenvalue weighted by Gasteiger charge is -2.21. The molecule has 1 aromatic rings. The normalized spacial score (nSPS) is 11.2. The molecule has 0 heterocycles. The lowest BCUT2D eigenvalue weighted by Crippen LogP contribution is -2.40. The summed E-state index contributed by atoms with van der Waals surface area (Å²) in [6.07, 6.45) is 4.04. The molecule has 1 rings (SSSR count). The Labute approximate surface area is 140 Å². The molecular weight excluding hydrogens is 290 g/mol. The number of benzene rings is 1. The van der Waals surface area contributed by atoms with Gasteiger partial charge in [0.2, 0.25) is 0 Å². The molecule has 0 aliphatic rings. The van der Waals surface area contributed by atoms with Crippen LogP contribution in [0.15, 0.2) is 41.9 Å². The van der Waals surface area contributed by atoms with Crippen molar-refractivity contribution in [2.24, 2.45) is 4.99 Å². The zero-order valence-corrected chi connectivity index (χ0v) is 14.5. The first-order valence-electron chi connectivity index (χ1n) is 7.94. The predicted octanol–water partition coefficient (Wildman–Crippen LogP) is 2.69. The second-order valence-corrected chi connectivity index (χ2v) is 5.23. The Morgan fingerprint density at radius 1 is 1.43 bits per heavy atom. The first kappa shape index (κ1) is 19.0. The van der Waals surface area contributed by atoms with E-state index in [1.807, 2.05) is 37.4 Å². The van der Waals surface area contributed by atoms with Crippen LogP contribution in [0.5, 0.6) is 5.75 Å². The van der Waals surface area contributed by atoms with E-state index in [2.05, 4.69) is 21.8 Å². The fourth-order valence-corrected chi connectivity index (χ4v) is 2.15. The average molecular weight is 319 g/mol. The van der Waals surface area contributed by atoms with Gasteiger partial charge >= 0.3 is 0 Å². The average Bonchev–Trinajstić information content (AvgIpc) is 2.58. The van der Waals surface area contributed by atoms with Crippen LogP contribution in [0.25, 0.3) is 0 Å². The van der Waals surface area contributed by atoms with Gasteiger partial charge in [-0.25, -0.2) is 0 Å². The Morgan fingerprint density at radius 3 is 2.96 bits per heavy atom. The van der Waals surface area contributed by atoms with E-state index in [0.717, 1.165) is 43.2 Å². The molecule has 0 saturated carbocycles. The Balaban J connectivity index is 2.23. The summed E-state index contributed by atoms with van der Waals surface area (Å²) in [6.45, 7) is 6.62. The van der Waals surface area contributed by atoms with Gasteiger partial charge in [0.15, 0.2) is 5.96 Å². The number of unbranched alkanes of at least 4 members (excludes halogenated alkanes) is 1. The van der Waals surface area contributed by atoms with Gasteiger partial charge in [0.05, 0.1) is 20.3 Å². The van der Waals surface area contributed by atoms with Crippen molar-refractivity contribution < 1.29 is 9.47 Å². The van der Waals surface area contributed by atoms with Crippen molar-refractivity contribution in [3.8, 4) is 5.75 Å². The summed E-state index contributed by atoms with van der Waals surface area (Å²) in [6, 6.07) is 7.91. The highest BCUT2D eigenvalue weighted by Crippen LogP contribution is 2.12. The van der Waals surface area contributed by atoms with E-state index in [4.69, 9.17) is 9.47 Å². The third kappa shape index (κ3) is 7.70. The van der Waals surface area contributed by atoms with Crippen molar-refractivity contribution in [3.63, 3.8) is 0 Å². The summed E-state index contributed by atoms with van der Waals surface area (Å²) in [4.78, 5) is 6.40. The largest absolute Gasteiger partial charge is 0.497 e. The van der Waals surface area contributed by atoms with Gasteiger partial charge in [-0.3, -0.25) is 4.99 Å². The van der Waals surface area contributed by atoms with Crippen LogP contribution in [0.3, 0.4) is 0 Å². The van der Waals surface area contributed by atoms with Crippen molar-refractivity contribution in [3.05, 3.63) is 42.5 Å². The van der Waals surface area contributed by atoms with Crippen LogP contribution in [0.4, 0.5) is 0 Å². The van der Waals surface area contributed by atoms with Crippen LogP contribution >= 0.6 is 0 Å². The minimum atomic E-state index is 0.576. The van der Waals surface area contributed by atoms with Crippen molar-refractivity contribution in [1.82, 2.24) is 10.2 Å². The number of guanidine groups is 1. The molecule has 128 valence electrons.